The normalized spacial score (nSPS) is 18.1. The lowest BCUT2D eigenvalue weighted by Crippen LogP contribution is -2.42. The van der Waals surface area contributed by atoms with Crippen LogP contribution in [0.4, 0.5) is 0 Å². The minimum atomic E-state index is -3.13. The van der Waals surface area contributed by atoms with Gasteiger partial charge in [-0.05, 0) is 30.9 Å². The first kappa shape index (κ1) is 15.1. The Hall–Kier alpha value is -1.34. The van der Waals surface area contributed by atoms with Gasteiger partial charge in [0.05, 0.1) is 18.8 Å². The molecule has 6 nitrogen and oxygen atoms in total. The summed E-state index contributed by atoms with van der Waals surface area (Å²) in [6.07, 6.45) is 6.40. The van der Waals surface area contributed by atoms with Crippen molar-refractivity contribution in [1.82, 2.24) is 9.62 Å². The van der Waals surface area contributed by atoms with E-state index in [2.05, 4.69) is 5.32 Å². The largest absolute Gasteiger partial charge is 0.472 e. The standard InChI is InChI=1S/C13H20N2O4S/c1-20(17,18)15-7-3-12(4-8-15)13(16)14-6-2-11-5-9-19-10-11/h5,9-10,12H,2-4,6-8H2,1H3,(H,14,16). The number of hydrogen-bond acceptors (Lipinski definition) is 4. The maximum absolute atomic E-state index is 12.0. The van der Waals surface area contributed by atoms with Crippen LogP contribution in [0.2, 0.25) is 0 Å². The Morgan fingerprint density at radius 3 is 2.70 bits per heavy atom. The summed E-state index contributed by atoms with van der Waals surface area (Å²) in [5, 5.41) is 2.90. The first-order chi connectivity index (χ1) is 9.47. The number of piperidine rings is 1. The molecule has 112 valence electrons. The van der Waals surface area contributed by atoms with E-state index in [0.717, 1.165) is 12.0 Å². The highest BCUT2D eigenvalue weighted by Crippen LogP contribution is 2.19. The Labute approximate surface area is 119 Å². The van der Waals surface area contributed by atoms with E-state index >= 15 is 0 Å². The van der Waals surface area contributed by atoms with Gasteiger partial charge in [-0.25, -0.2) is 12.7 Å². The minimum absolute atomic E-state index is 0.0154. The second-order valence-electron chi connectivity index (χ2n) is 5.11. The molecule has 1 aromatic heterocycles. The zero-order chi connectivity index (χ0) is 14.6. The molecule has 0 spiro atoms. The monoisotopic (exact) mass is 300 g/mol. The molecule has 20 heavy (non-hydrogen) atoms. The summed E-state index contributed by atoms with van der Waals surface area (Å²) in [5.74, 6) is -0.0704. The van der Waals surface area contributed by atoms with Gasteiger partial charge in [-0.15, -0.1) is 0 Å². The van der Waals surface area contributed by atoms with Crippen LogP contribution in [0.3, 0.4) is 0 Å². The van der Waals surface area contributed by atoms with E-state index in [1.807, 2.05) is 6.07 Å². The van der Waals surface area contributed by atoms with Crippen LogP contribution in [0, 0.1) is 5.92 Å². The van der Waals surface area contributed by atoms with E-state index < -0.39 is 10.0 Å². The first-order valence-corrected chi connectivity index (χ1v) is 8.55. The van der Waals surface area contributed by atoms with E-state index in [4.69, 9.17) is 4.42 Å². The summed E-state index contributed by atoms with van der Waals surface area (Å²) in [7, 11) is -3.13. The molecule has 1 amide bonds. The van der Waals surface area contributed by atoms with Crippen LogP contribution in [-0.2, 0) is 21.2 Å². The van der Waals surface area contributed by atoms with Crippen molar-refractivity contribution < 1.29 is 17.6 Å². The lowest BCUT2D eigenvalue weighted by molar-refractivity contribution is -0.126. The predicted molar refractivity (Wildman–Crippen MR) is 74.6 cm³/mol. The van der Waals surface area contributed by atoms with E-state index in [1.54, 1.807) is 12.5 Å². The smallest absolute Gasteiger partial charge is 0.223 e. The highest BCUT2D eigenvalue weighted by atomic mass is 32.2. The number of amides is 1. The highest BCUT2D eigenvalue weighted by molar-refractivity contribution is 7.88. The van der Waals surface area contributed by atoms with Gasteiger partial charge in [0.25, 0.3) is 0 Å². The van der Waals surface area contributed by atoms with Gasteiger partial charge in [0.1, 0.15) is 0 Å². The van der Waals surface area contributed by atoms with E-state index in [1.165, 1.54) is 10.6 Å². The number of sulfonamides is 1. The molecule has 7 heteroatoms. The molecular formula is C13H20N2O4S. The van der Waals surface area contributed by atoms with Crippen LogP contribution < -0.4 is 5.32 Å². The zero-order valence-electron chi connectivity index (χ0n) is 11.5. The number of hydrogen-bond donors (Lipinski definition) is 1. The van der Waals surface area contributed by atoms with Crippen molar-refractivity contribution in [2.45, 2.75) is 19.3 Å². The van der Waals surface area contributed by atoms with Gasteiger partial charge in [0, 0.05) is 25.6 Å². The molecule has 0 atom stereocenters. The average molecular weight is 300 g/mol. The number of nitrogens with zero attached hydrogens (tertiary/aromatic N) is 1. The van der Waals surface area contributed by atoms with Gasteiger partial charge in [-0.1, -0.05) is 0 Å². The molecule has 1 saturated heterocycles. The molecule has 1 aromatic rings. The quantitative estimate of drug-likeness (QED) is 0.864. The summed E-state index contributed by atoms with van der Waals surface area (Å²) in [5.41, 5.74) is 1.05. The fourth-order valence-corrected chi connectivity index (χ4v) is 3.23. The van der Waals surface area contributed by atoms with Gasteiger partial charge in [0.2, 0.25) is 15.9 Å². The van der Waals surface area contributed by atoms with Crippen LogP contribution >= 0.6 is 0 Å². The second-order valence-corrected chi connectivity index (χ2v) is 7.09. The Morgan fingerprint density at radius 2 is 2.15 bits per heavy atom. The van der Waals surface area contributed by atoms with Gasteiger partial charge >= 0.3 is 0 Å². The Kier molecular flexibility index (Phi) is 4.82. The number of rotatable bonds is 5. The number of furan rings is 1. The highest BCUT2D eigenvalue weighted by Gasteiger charge is 2.28. The van der Waals surface area contributed by atoms with Gasteiger partial charge in [-0.2, -0.15) is 0 Å². The van der Waals surface area contributed by atoms with Crippen molar-refractivity contribution in [2.75, 3.05) is 25.9 Å². The summed E-state index contributed by atoms with van der Waals surface area (Å²) < 4.78 is 29.2. The van der Waals surface area contributed by atoms with E-state index in [9.17, 15) is 13.2 Å². The van der Waals surface area contributed by atoms with E-state index in [0.29, 0.717) is 32.5 Å². The maximum atomic E-state index is 12.0. The zero-order valence-corrected chi connectivity index (χ0v) is 12.4. The molecule has 1 fully saturated rings. The van der Waals surface area contributed by atoms with Gasteiger partial charge in [0.15, 0.2) is 0 Å². The molecule has 0 bridgehead atoms. The molecular weight excluding hydrogens is 280 g/mol. The Balaban J connectivity index is 1.72. The average Bonchev–Trinajstić information content (AvgIpc) is 2.91. The number of nitrogens with one attached hydrogen (secondary N) is 1. The summed E-state index contributed by atoms with van der Waals surface area (Å²) in [4.78, 5) is 12.0. The third-order valence-electron chi connectivity index (χ3n) is 3.59. The molecule has 2 heterocycles. The molecule has 1 aliphatic rings. The van der Waals surface area contributed by atoms with Crippen molar-refractivity contribution in [3.8, 4) is 0 Å². The van der Waals surface area contributed by atoms with Gasteiger partial charge in [-0.3, -0.25) is 4.79 Å². The molecule has 0 radical (unpaired) electrons. The molecule has 1 N–H and O–H groups in total. The number of carbonyl (C=O) groups excluding carboxylic acids is 1. The van der Waals surface area contributed by atoms with Crippen molar-refractivity contribution in [2.24, 2.45) is 5.92 Å². The predicted octanol–water partition coefficient (Wildman–Crippen LogP) is 0.610. The van der Waals surface area contributed by atoms with Crippen molar-refractivity contribution >= 4 is 15.9 Å². The SMILES string of the molecule is CS(=O)(=O)N1CCC(C(=O)NCCc2ccoc2)CC1. The molecule has 0 aliphatic carbocycles. The minimum Gasteiger partial charge on any atom is -0.472 e. The van der Waals surface area contributed by atoms with Crippen molar-refractivity contribution in [3.63, 3.8) is 0 Å². The van der Waals surface area contributed by atoms with Crippen LogP contribution in [0.1, 0.15) is 18.4 Å². The third-order valence-corrected chi connectivity index (χ3v) is 4.89. The second kappa shape index (κ2) is 6.41. The molecule has 1 aliphatic heterocycles. The molecule has 0 saturated carbocycles. The van der Waals surface area contributed by atoms with Crippen molar-refractivity contribution in [1.29, 1.82) is 0 Å². The summed E-state index contributed by atoms with van der Waals surface area (Å²) >= 11 is 0. The topological polar surface area (TPSA) is 79.6 Å². The fraction of sp³-hybridized carbons (Fsp3) is 0.615. The number of carbonyl (C=O) groups is 1. The first-order valence-electron chi connectivity index (χ1n) is 6.71. The maximum Gasteiger partial charge on any atom is 0.223 e. The van der Waals surface area contributed by atoms with Crippen molar-refractivity contribution in [3.05, 3.63) is 24.2 Å². The van der Waals surface area contributed by atoms with Crippen LogP contribution in [-0.4, -0.2) is 44.5 Å². The lowest BCUT2D eigenvalue weighted by Gasteiger charge is -2.29. The van der Waals surface area contributed by atoms with Crippen LogP contribution in [0.15, 0.2) is 23.0 Å². The molecule has 2 rings (SSSR count). The van der Waals surface area contributed by atoms with Crippen LogP contribution in [0.25, 0.3) is 0 Å². The van der Waals surface area contributed by atoms with Crippen LogP contribution in [0.5, 0.6) is 0 Å². The third kappa shape index (κ3) is 4.08. The van der Waals surface area contributed by atoms with Gasteiger partial charge < -0.3 is 9.73 Å². The molecule has 0 aromatic carbocycles. The lowest BCUT2D eigenvalue weighted by atomic mass is 9.97. The summed E-state index contributed by atoms with van der Waals surface area (Å²) in [6, 6.07) is 1.87. The fourth-order valence-electron chi connectivity index (χ4n) is 2.36. The van der Waals surface area contributed by atoms with E-state index in [-0.39, 0.29) is 11.8 Å². The summed E-state index contributed by atoms with van der Waals surface area (Å²) in [6.45, 7) is 1.43. The Morgan fingerprint density at radius 1 is 1.45 bits per heavy atom. The Bertz CT molecular complexity index is 531. The molecule has 0 unspecified atom stereocenters.